The monoisotopic (exact) mass is 384 g/mol. The van der Waals surface area contributed by atoms with Gasteiger partial charge in [0, 0.05) is 19.6 Å². The van der Waals surface area contributed by atoms with Gasteiger partial charge in [-0.05, 0) is 49.1 Å². The van der Waals surface area contributed by atoms with Crippen LogP contribution >= 0.6 is 0 Å². The van der Waals surface area contributed by atoms with Crippen LogP contribution in [0.4, 0.5) is 5.82 Å². The minimum atomic E-state index is -0.213. The lowest BCUT2D eigenvalue weighted by molar-refractivity contribution is 0.0948. The lowest BCUT2D eigenvalue weighted by Crippen LogP contribution is -2.28. The molecule has 1 aliphatic heterocycles. The van der Waals surface area contributed by atoms with E-state index in [-0.39, 0.29) is 5.91 Å². The number of nitrogens with zero attached hydrogens (tertiary/aromatic N) is 3. The molecule has 1 N–H and O–H groups in total. The molecule has 0 bridgehead atoms. The lowest BCUT2D eigenvalue weighted by Gasteiger charge is -2.20. The molecule has 2 heterocycles. The van der Waals surface area contributed by atoms with Crippen molar-refractivity contribution in [3.8, 4) is 11.5 Å². The van der Waals surface area contributed by atoms with E-state index >= 15 is 0 Å². The van der Waals surface area contributed by atoms with Gasteiger partial charge in [-0.15, -0.1) is 10.2 Å². The zero-order chi connectivity index (χ0) is 19.8. The summed E-state index contributed by atoms with van der Waals surface area (Å²) in [5, 5.41) is 11.3. The van der Waals surface area contributed by atoms with Crippen LogP contribution in [0.25, 0.3) is 0 Å². The van der Waals surface area contributed by atoms with Crippen LogP contribution in [0.2, 0.25) is 0 Å². The maximum Gasteiger partial charge on any atom is 0.271 e. The first-order chi connectivity index (χ1) is 13.7. The maximum absolute atomic E-state index is 12.3. The summed E-state index contributed by atoms with van der Waals surface area (Å²) in [4.78, 5) is 14.6. The van der Waals surface area contributed by atoms with Gasteiger partial charge in [0.15, 0.2) is 23.0 Å². The molecule has 0 unspecified atom stereocenters. The third-order valence-corrected chi connectivity index (χ3v) is 4.96. The molecule has 7 heteroatoms. The van der Waals surface area contributed by atoms with E-state index in [9.17, 15) is 4.79 Å². The summed E-state index contributed by atoms with van der Waals surface area (Å²) in [7, 11) is 3.22. The number of carbonyl (C=O) groups is 1. The topological polar surface area (TPSA) is 76.6 Å². The van der Waals surface area contributed by atoms with Gasteiger partial charge in [0.1, 0.15) is 0 Å². The number of ether oxygens (including phenoxy) is 2. The summed E-state index contributed by atoms with van der Waals surface area (Å²) in [6.07, 6.45) is 5.58. The van der Waals surface area contributed by atoms with E-state index in [1.807, 2.05) is 24.3 Å². The number of anilines is 1. The Hall–Kier alpha value is -2.83. The number of hydrogen-bond donors (Lipinski definition) is 1. The molecule has 150 valence electrons. The third kappa shape index (κ3) is 5.12. The number of carbonyl (C=O) groups excluding carboxylic acids is 1. The molecule has 28 heavy (non-hydrogen) atoms. The van der Waals surface area contributed by atoms with E-state index in [0.717, 1.165) is 24.5 Å². The Morgan fingerprint density at radius 1 is 1.00 bits per heavy atom. The molecule has 0 saturated carbocycles. The number of amides is 1. The molecule has 1 aromatic carbocycles. The number of benzene rings is 1. The van der Waals surface area contributed by atoms with Crippen LogP contribution in [0.5, 0.6) is 11.5 Å². The fraction of sp³-hybridized carbons (Fsp3) is 0.476. The van der Waals surface area contributed by atoms with Crippen LogP contribution in [0.3, 0.4) is 0 Å². The van der Waals surface area contributed by atoms with E-state index in [1.165, 1.54) is 25.7 Å². The van der Waals surface area contributed by atoms with Gasteiger partial charge in [-0.25, -0.2) is 0 Å². The average molecular weight is 384 g/mol. The van der Waals surface area contributed by atoms with Gasteiger partial charge in [0.05, 0.1) is 14.2 Å². The van der Waals surface area contributed by atoms with Gasteiger partial charge in [0.2, 0.25) is 0 Å². The van der Waals surface area contributed by atoms with Gasteiger partial charge in [-0.2, -0.15) is 0 Å². The van der Waals surface area contributed by atoms with Crippen LogP contribution < -0.4 is 19.7 Å². The van der Waals surface area contributed by atoms with Crippen molar-refractivity contribution in [1.29, 1.82) is 0 Å². The third-order valence-electron chi connectivity index (χ3n) is 4.96. The van der Waals surface area contributed by atoms with Crippen LogP contribution in [-0.2, 0) is 6.42 Å². The summed E-state index contributed by atoms with van der Waals surface area (Å²) in [5.41, 5.74) is 1.39. The van der Waals surface area contributed by atoms with E-state index in [0.29, 0.717) is 30.2 Å². The van der Waals surface area contributed by atoms with Crippen LogP contribution in [-0.4, -0.2) is 50.0 Å². The Balaban J connectivity index is 1.52. The first-order valence-electron chi connectivity index (χ1n) is 9.79. The standard InChI is InChI=1S/C21H28N4O3/c1-27-18-9-7-16(15-19(18)28-2)11-12-22-21(26)17-8-10-20(24-23-17)25-13-5-3-4-6-14-25/h7-10,15H,3-6,11-14H2,1-2H3,(H,22,26). The second kappa shape index (κ2) is 9.92. The molecule has 0 atom stereocenters. The fourth-order valence-electron chi connectivity index (χ4n) is 3.36. The Labute approximate surface area is 166 Å². The van der Waals surface area contributed by atoms with Gasteiger partial charge < -0.3 is 19.7 Å². The molecule has 1 amide bonds. The maximum atomic E-state index is 12.3. The smallest absolute Gasteiger partial charge is 0.271 e. The fourth-order valence-corrected chi connectivity index (χ4v) is 3.36. The molecular weight excluding hydrogens is 356 g/mol. The quantitative estimate of drug-likeness (QED) is 0.791. The predicted molar refractivity (Wildman–Crippen MR) is 108 cm³/mol. The average Bonchev–Trinajstić information content (AvgIpc) is 3.03. The molecule has 1 fully saturated rings. The van der Waals surface area contributed by atoms with Gasteiger partial charge >= 0.3 is 0 Å². The minimum absolute atomic E-state index is 0.213. The molecule has 0 spiro atoms. The number of aromatic nitrogens is 2. The number of methoxy groups -OCH3 is 2. The Kier molecular flexibility index (Phi) is 7.06. The van der Waals surface area contributed by atoms with Crippen LogP contribution in [0, 0.1) is 0 Å². The molecule has 1 saturated heterocycles. The van der Waals surface area contributed by atoms with Crippen molar-refractivity contribution in [3.63, 3.8) is 0 Å². The van der Waals surface area contributed by atoms with E-state index in [2.05, 4.69) is 20.4 Å². The predicted octanol–water partition coefficient (Wildman–Crippen LogP) is 2.85. The zero-order valence-corrected chi connectivity index (χ0v) is 16.6. The molecule has 7 nitrogen and oxygen atoms in total. The molecule has 3 rings (SSSR count). The van der Waals surface area contributed by atoms with Crippen molar-refractivity contribution in [2.45, 2.75) is 32.1 Å². The van der Waals surface area contributed by atoms with Crippen molar-refractivity contribution < 1.29 is 14.3 Å². The van der Waals surface area contributed by atoms with Gasteiger partial charge in [0.25, 0.3) is 5.91 Å². The first-order valence-corrected chi connectivity index (χ1v) is 9.79. The molecular formula is C21H28N4O3. The van der Waals surface area contributed by atoms with Gasteiger partial charge in [-0.1, -0.05) is 18.9 Å². The minimum Gasteiger partial charge on any atom is -0.493 e. The second-order valence-electron chi connectivity index (χ2n) is 6.87. The van der Waals surface area contributed by atoms with Crippen LogP contribution in [0.15, 0.2) is 30.3 Å². The summed E-state index contributed by atoms with van der Waals surface area (Å²) in [5.74, 6) is 2.01. The van der Waals surface area contributed by atoms with Gasteiger partial charge in [-0.3, -0.25) is 4.79 Å². The highest BCUT2D eigenvalue weighted by atomic mass is 16.5. The Morgan fingerprint density at radius 2 is 1.75 bits per heavy atom. The lowest BCUT2D eigenvalue weighted by atomic mass is 10.1. The SMILES string of the molecule is COc1ccc(CCNC(=O)c2ccc(N3CCCCCC3)nn2)cc1OC. The highest BCUT2D eigenvalue weighted by molar-refractivity contribution is 5.92. The molecule has 2 aromatic rings. The molecule has 0 radical (unpaired) electrons. The number of rotatable bonds is 7. The number of hydrogen-bond acceptors (Lipinski definition) is 6. The van der Waals surface area contributed by atoms with Crippen molar-refractivity contribution in [1.82, 2.24) is 15.5 Å². The summed E-state index contributed by atoms with van der Waals surface area (Å²) >= 11 is 0. The van der Waals surface area contributed by atoms with Crippen molar-refractivity contribution in [2.75, 3.05) is 38.8 Å². The van der Waals surface area contributed by atoms with Crippen molar-refractivity contribution in [2.24, 2.45) is 0 Å². The number of nitrogens with one attached hydrogen (secondary N) is 1. The first kappa shape index (κ1) is 19.9. The highest BCUT2D eigenvalue weighted by Crippen LogP contribution is 2.27. The largest absolute Gasteiger partial charge is 0.493 e. The zero-order valence-electron chi connectivity index (χ0n) is 16.6. The van der Waals surface area contributed by atoms with Crippen LogP contribution in [0.1, 0.15) is 41.7 Å². The Bertz CT molecular complexity index is 772. The summed E-state index contributed by atoms with van der Waals surface area (Å²) in [6, 6.07) is 9.38. The van der Waals surface area contributed by atoms with Crippen molar-refractivity contribution >= 4 is 11.7 Å². The molecule has 0 aliphatic carbocycles. The molecule has 1 aromatic heterocycles. The van der Waals surface area contributed by atoms with E-state index in [4.69, 9.17) is 9.47 Å². The van der Waals surface area contributed by atoms with E-state index < -0.39 is 0 Å². The normalized spacial score (nSPS) is 14.3. The van der Waals surface area contributed by atoms with E-state index in [1.54, 1.807) is 20.3 Å². The highest BCUT2D eigenvalue weighted by Gasteiger charge is 2.13. The molecule has 1 aliphatic rings. The Morgan fingerprint density at radius 3 is 2.39 bits per heavy atom. The van der Waals surface area contributed by atoms with Crippen molar-refractivity contribution in [3.05, 3.63) is 41.6 Å². The summed E-state index contributed by atoms with van der Waals surface area (Å²) < 4.78 is 10.5. The second-order valence-corrected chi connectivity index (χ2v) is 6.87. The summed E-state index contributed by atoms with van der Waals surface area (Å²) in [6.45, 7) is 2.51.